The molecule has 4 heterocycles. The molecule has 3 aromatic rings. The number of imidazole rings is 1. The number of hydrogen-bond donors (Lipinski definition) is 3. The Hall–Kier alpha value is -2.97. The topological polar surface area (TPSA) is 85.6 Å². The maximum atomic E-state index is 4.95. The van der Waals surface area contributed by atoms with Crippen LogP contribution in [-0.4, -0.2) is 62.7 Å². The number of hydrogen-bond acceptors (Lipinski definition) is 6. The van der Waals surface area contributed by atoms with Crippen molar-refractivity contribution < 1.29 is 0 Å². The summed E-state index contributed by atoms with van der Waals surface area (Å²) in [6, 6.07) is 8.88. The molecule has 0 aliphatic carbocycles. The smallest absolute Gasteiger partial charge is 0.233 e. The van der Waals surface area contributed by atoms with E-state index in [0.717, 1.165) is 31.3 Å². The Kier molecular flexibility index (Phi) is 4.88. The Labute approximate surface area is 176 Å². The molecule has 0 bridgehead atoms. The molecule has 3 N–H and O–H groups in total. The summed E-state index contributed by atoms with van der Waals surface area (Å²) in [6.45, 7) is 7.98. The van der Waals surface area contributed by atoms with Gasteiger partial charge in [-0.25, -0.2) is 9.98 Å². The summed E-state index contributed by atoms with van der Waals surface area (Å²) in [5, 5.41) is 8.54. The maximum absolute atomic E-state index is 4.95. The first kappa shape index (κ1) is 19.0. The van der Waals surface area contributed by atoms with E-state index in [1.807, 2.05) is 17.7 Å². The van der Waals surface area contributed by atoms with E-state index in [-0.39, 0.29) is 12.2 Å². The predicted molar refractivity (Wildman–Crippen MR) is 120 cm³/mol. The van der Waals surface area contributed by atoms with Gasteiger partial charge < -0.3 is 9.88 Å². The summed E-state index contributed by atoms with van der Waals surface area (Å²) >= 11 is 0. The van der Waals surface area contributed by atoms with Gasteiger partial charge in [0.05, 0.1) is 6.67 Å². The average molecular weight is 405 g/mol. The van der Waals surface area contributed by atoms with Crippen molar-refractivity contribution in [2.75, 3.05) is 13.2 Å². The Bertz CT molecular complexity index is 1110. The molecule has 0 saturated carbocycles. The second kappa shape index (κ2) is 7.70. The first-order chi connectivity index (χ1) is 14.6. The van der Waals surface area contributed by atoms with Gasteiger partial charge in [0.2, 0.25) is 5.96 Å². The lowest BCUT2D eigenvalue weighted by Gasteiger charge is -2.29. The molecule has 2 aromatic heterocycles. The molecule has 8 nitrogen and oxygen atoms in total. The number of benzene rings is 1. The highest BCUT2D eigenvalue weighted by molar-refractivity contribution is 6.03. The number of fused-ring (bicyclic) bond motifs is 2. The number of aryl methyl sites for hydroxylation is 1. The van der Waals surface area contributed by atoms with Gasteiger partial charge in [0.15, 0.2) is 0 Å². The number of aliphatic imine (C=N–C) groups is 2. The Balaban J connectivity index is 1.37. The zero-order valence-electron chi connectivity index (χ0n) is 17.6. The largest absolute Gasteiger partial charge is 0.361 e. The molecule has 2 unspecified atom stereocenters. The van der Waals surface area contributed by atoms with Gasteiger partial charge in [0, 0.05) is 42.1 Å². The number of aromatic amines is 1. The van der Waals surface area contributed by atoms with Gasteiger partial charge in [-0.3, -0.25) is 15.2 Å². The minimum Gasteiger partial charge on any atom is -0.361 e. The normalized spacial score (nSPS) is 21.3. The summed E-state index contributed by atoms with van der Waals surface area (Å²) in [5.41, 5.74) is 2.50. The number of para-hydroxylation sites is 1. The number of amidine groups is 1. The Morgan fingerprint density at radius 2 is 2.13 bits per heavy atom. The Morgan fingerprint density at radius 3 is 2.93 bits per heavy atom. The number of aromatic nitrogens is 3. The summed E-state index contributed by atoms with van der Waals surface area (Å²) < 4.78 is 1.95. The summed E-state index contributed by atoms with van der Waals surface area (Å²) in [7, 11) is 0. The van der Waals surface area contributed by atoms with Crippen LogP contribution in [0.2, 0.25) is 0 Å². The van der Waals surface area contributed by atoms with E-state index in [1.54, 1.807) is 6.20 Å². The van der Waals surface area contributed by atoms with Crippen LogP contribution in [0.25, 0.3) is 10.9 Å². The molecule has 8 heteroatoms. The third-order valence-corrected chi connectivity index (χ3v) is 5.93. The number of H-pyrrole nitrogens is 1. The fraction of sp³-hybridized carbons (Fsp3) is 0.409. The van der Waals surface area contributed by atoms with Gasteiger partial charge >= 0.3 is 0 Å². The fourth-order valence-corrected chi connectivity index (χ4v) is 4.27. The van der Waals surface area contributed by atoms with Gasteiger partial charge in [-0.1, -0.05) is 18.2 Å². The zero-order valence-corrected chi connectivity index (χ0v) is 17.6. The molecule has 1 saturated heterocycles. The van der Waals surface area contributed by atoms with Crippen molar-refractivity contribution in [1.82, 2.24) is 30.1 Å². The molecule has 30 heavy (non-hydrogen) atoms. The standard InChI is InChI=1S/C22H28N8/c1-14(2)30-13-26-19-20(27-22(28-21(19)30)29-11-10-23-15(29)3)24-9-8-16-12-25-18-7-5-4-6-17(16)18/h4-7,10-12,14,19-20,24-26H,8-9,13H2,1-3H3. The van der Waals surface area contributed by atoms with Crippen LogP contribution in [0.4, 0.5) is 0 Å². The van der Waals surface area contributed by atoms with E-state index in [1.165, 1.54) is 16.5 Å². The second-order valence-electron chi connectivity index (χ2n) is 8.16. The third-order valence-electron chi connectivity index (χ3n) is 5.93. The van der Waals surface area contributed by atoms with E-state index in [0.29, 0.717) is 12.0 Å². The summed E-state index contributed by atoms with van der Waals surface area (Å²) in [6.07, 6.45) is 6.67. The molecule has 1 fully saturated rings. The van der Waals surface area contributed by atoms with Crippen LogP contribution in [0.1, 0.15) is 25.2 Å². The lowest BCUT2D eigenvalue weighted by molar-refractivity contribution is 0.362. The van der Waals surface area contributed by atoms with Crippen molar-refractivity contribution in [2.45, 2.75) is 45.4 Å². The number of rotatable bonds is 5. The van der Waals surface area contributed by atoms with Crippen molar-refractivity contribution in [3.05, 3.63) is 54.2 Å². The molecule has 5 rings (SSSR count). The number of nitrogens with zero attached hydrogens (tertiary/aromatic N) is 5. The van der Waals surface area contributed by atoms with Crippen molar-refractivity contribution in [2.24, 2.45) is 9.98 Å². The van der Waals surface area contributed by atoms with E-state index in [4.69, 9.17) is 9.98 Å². The lowest BCUT2D eigenvalue weighted by atomic mass is 10.1. The van der Waals surface area contributed by atoms with Crippen LogP contribution in [0, 0.1) is 6.92 Å². The van der Waals surface area contributed by atoms with Crippen LogP contribution < -0.4 is 10.6 Å². The van der Waals surface area contributed by atoms with Crippen molar-refractivity contribution in [3.63, 3.8) is 0 Å². The number of nitrogens with one attached hydrogen (secondary N) is 3. The minimum atomic E-state index is -0.0803. The van der Waals surface area contributed by atoms with Crippen LogP contribution in [0.3, 0.4) is 0 Å². The molecular weight excluding hydrogens is 376 g/mol. The summed E-state index contributed by atoms with van der Waals surface area (Å²) in [4.78, 5) is 19.9. The Morgan fingerprint density at radius 1 is 1.27 bits per heavy atom. The van der Waals surface area contributed by atoms with E-state index >= 15 is 0 Å². The molecule has 156 valence electrons. The summed E-state index contributed by atoms with van der Waals surface area (Å²) in [5.74, 6) is 2.62. The monoisotopic (exact) mass is 404 g/mol. The predicted octanol–water partition coefficient (Wildman–Crippen LogP) is 2.09. The van der Waals surface area contributed by atoms with Gasteiger partial charge in [-0.2, -0.15) is 4.99 Å². The highest BCUT2D eigenvalue weighted by Gasteiger charge is 2.39. The quantitative estimate of drug-likeness (QED) is 0.608. The van der Waals surface area contributed by atoms with Crippen LogP contribution in [0.15, 0.2) is 52.8 Å². The zero-order chi connectivity index (χ0) is 20.7. The molecule has 0 spiro atoms. The molecule has 1 aromatic carbocycles. The SMILES string of the molecule is Cc1nccn1C1=NC(NCCc2c[nH]c3ccccc23)C2NCN(C(C)C)C2=N1. The second-order valence-corrected chi connectivity index (χ2v) is 8.16. The maximum Gasteiger partial charge on any atom is 0.233 e. The van der Waals surface area contributed by atoms with Crippen LogP contribution in [-0.2, 0) is 6.42 Å². The van der Waals surface area contributed by atoms with E-state index in [9.17, 15) is 0 Å². The van der Waals surface area contributed by atoms with E-state index in [2.05, 4.69) is 69.8 Å². The molecule has 2 aliphatic heterocycles. The highest BCUT2D eigenvalue weighted by atomic mass is 15.4. The molecule has 2 atom stereocenters. The average Bonchev–Trinajstić information content (AvgIpc) is 3.46. The minimum absolute atomic E-state index is 0.0722. The first-order valence-corrected chi connectivity index (χ1v) is 10.6. The van der Waals surface area contributed by atoms with Crippen molar-refractivity contribution in [3.8, 4) is 0 Å². The van der Waals surface area contributed by atoms with Gasteiger partial charge in [0.1, 0.15) is 23.9 Å². The van der Waals surface area contributed by atoms with Crippen LogP contribution in [0.5, 0.6) is 0 Å². The first-order valence-electron chi connectivity index (χ1n) is 10.6. The third kappa shape index (κ3) is 3.32. The van der Waals surface area contributed by atoms with Crippen LogP contribution >= 0.6 is 0 Å². The molecule has 0 amide bonds. The van der Waals surface area contributed by atoms with Crippen molar-refractivity contribution >= 4 is 22.7 Å². The molecule has 2 aliphatic rings. The van der Waals surface area contributed by atoms with Crippen molar-refractivity contribution in [1.29, 1.82) is 0 Å². The van der Waals surface area contributed by atoms with Gasteiger partial charge in [-0.15, -0.1) is 0 Å². The molecule has 0 radical (unpaired) electrons. The fourth-order valence-electron chi connectivity index (χ4n) is 4.27. The molecular formula is C22H28N8. The van der Waals surface area contributed by atoms with Gasteiger partial charge in [-0.05, 0) is 38.8 Å². The van der Waals surface area contributed by atoms with Gasteiger partial charge in [0.25, 0.3) is 0 Å². The highest BCUT2D eigenvalue weighted by Crippen LogP contribution is 2.20. The van der Waals surface area contributed by atoms with E-state index < -0.39 is 0 Å². The lowest BCUT2D eigenvalue weighted by Crippen LogP contribution is -2.52.